The Bertz CT molecular complexity index is 296. The lowest BCUT2D eigenvalue weighted by Gasteiger charge is -2.14. The van der Waals surface area contributed by atoms with Crippen LogP contribution in [-0.4, -0.2) is 27.1 Å². The molecule has 3 nitrogen and oxygen atoms in total. The molecule has 16 heavy (non-hydrogen) atoms. The van der Waals surface area contributed by atoms with Crippen LogP contribution >= 0.6 is 11.8 Å². The van der Waals surface area contributed by atoms with Gasteiger partial charge in [-0.1, -0.05) is 13.8 Å². The Morgan fingerprint density at radius 2 is 2.12 bits per heavy atom. The van der Waals surface area contributed by atoms with Crippen LogP contribution in [0.3, 0.4) is 0 Å². The van der Waals surface area contributed by atoms with Crippen LogP contribution in [-0.2, 0) is 13.6 Å². The molecule has 0 radical (unpaired) electrons. The summed E-state index contributed by atoms with van der Waals surface area (Å²) in [6, 6.07) is 0.542. The van der Waals surface area contributed by atoms with Crippen LogP contribution in [0.4, 0.5) is 0 Å². The van der Waals surface area contributed by atoms with Gasteiger partial charge in [-0.2, -0.15) is 11.8 Å². The summed E-state index contributed by atoms with van der Waals surface area (Å²) in [5.74, 6) is 4.30. The number of imidazole rings is 1. The Hall–Kier alpha value is -0.480. The lowest BCUT2D eigenvalue weighted by atomic mass is 10.3. The summed E-state index contributed by atoms with van der Waals surface area (Å²) < 4.78 is 2.06. The molecular weight excluding hydrogens is 218 g/mol. The van der Waals surface area contributed by atoms with E-state index in [0.29, 0.717) is 6.04 Å². The maximum Gasteiger partial charge on any atom is 0.122 e. The number of aryl methyl sites for hydroxylation is 1. The summed E-state index contributed by atoms with van der Waals surface area (Å²) in [5.41, 5.74) is 0. The lowest BCUT2D eigenvalue weighted by molar-refractivity contribution is 0.566. The molecule has 92 valence electrons. The molecule has 1 unspecified atom stereocenters. The smallest absolute Gasteiger partial charge is 0.122 e. The first-order valence-electron chi connectivity index (χ1n) is 5.87. The minimum atomic E-state index is 0.542. The third-order valence-corrected chi connectivity index (χ3v) is 3.99. The number of nitrogens with zero attached hydrogens (tertiary/aromatic N) is 2. The molecule has 0 saturated heterocycles. The van der Waals surface area contributed by atoms with Crippen molar-refractivity contribution < 1.29 is 0 Å². The number of thioether (sulfide) groups is 1. The zero-order chi connectivity index (χ0) is 12.0. The molecule has 1 aromatic rings. The van der Waals surface area contributed by atoms with Gasteiger partial charge in [0.15, 0.2) is 0 Å². The van der Waals surface area contributed by atoms with Crippen molar-refractivity contribution in [3.05, 3.63) is 18.2 Å². The molecule has 1 heterocycles. The van der Waals surface area contributed by atoms with Crippen molar-refractivity contribution >= 4 is 11.8 Å². The van der Waals surface area contributed by atoms with E-state index in [0.717, 1.165) is 18.3 Å². The fourth-order valence-corrected chi connectivity index (χ4v) is 2.45. The number of aromatic nitrogens is 2. The molecule has 0 aliphatic rings. The zero-order valence-corrected chi connectivity index (χ0v) is 11.5. The van der Waals surface area contributed by atoms with E-state index in [1.807, 2.05) is 31.2 Å². The second-order valence-corrected chi connectivity index (χ2v) is 5.74. The van der Waals surface area contributed by atoms with Crippen LogP contribution in [0.15, 0.2) is 12.4 Å². The SMILES string of the molecule is CC(C)CSCC(C)NCc1nccn1C. The van der Waals surface area contributed by atoms with Gasteiger partial charge in [-0.25, -0.2) is 4.98 Å². The summed E-state index contributed by atoms with van der Waals surface area (Å²) in [7, 11) is 2.03. The summed E-state index contributed by atoms with van der Waals surface area (Å²) >= 11 is 2.02. The predicted octanol–water partition coefficient (Wildman–Crippen LogP) is 2.29. The molecule has 0 aliphatic carbocycles. The molecule has 1 N–H and O–H groups in total. The van der Waals surface area contributed by atoms with Crippen molar-refractivity contribution in [1.82, 2.24) is 14.9 Å². The Labute approximate surface area is 103 Å². The molecule has 0 aliphatic heterocycles. The minimum absolute atomic E-state index is 0.542. The summed E-state index contributed by atoms with van der Waals surface area (Å²) in [6.45, 7) is 7.61. The molecule has 0 spiro atoms. The van der Waals surface area contributed by atoms with Crippen LogP contribution in [0.1, 0.15) is 26.6 Å². The first kappa shape index (κ1) is 13.6. The van der Waals surface area contributed by atoms with Gasteiger partial charge >= 0.3 is 0 Å². The second kappa shape index (κ2) is 6.97. The van der Waals surface area contributed by atoms with Crippen LogP contribution in [0.5, 0.6) is 0 Å². The van der Waals surface area contributed by atoms with E-state index in [1.54, 1.807) is 0 Å². The minimum Gasteiger partial charge on any atom is -0.337 e. The van der Waals surface area contributed by atoms with Gasteiger partial charge in [-0.3, -0.25) is 0 Å². The van der Waals surface area contributed by atoms with Crippen molar-refractivity contribution in [2.24, 2.45) is 13.0 Å². The molecule has 0 aromatic carbocycles. The Morgan fingerprint density at radius 1 is 1.38 bits per heavy atom. The third kappa shape index (κ3) is 5.03. The second-order valence-electron chi connectivity index (χ2n) is 4.67. The lowest BCUT2D eigenvalue weighted by Crippen LogP contribution is -2.29. The number of rotatable bonds is 7. The summed E-state index contributed by atoms with van der Waals surface area (Å²) in [5, 5.41) is 3.50. The van der Waals surface area contributed by atoms with Crippen LogP contribution in [0.25, 0.3) is 0 Å². The average Bonchev–Trinajstić information content (AvgIpc) is 2.60. The van der Waals surface area contributed by atoms with Crippen molar-refractivity contribution in [1.29, 1.82) is 0 Å². The monoisotopic (exact) mass is 241 g/mol. The Morgan fingerprint density at radius 3 is 2.69 bits per heavy atom. The quantitative estimate of drug-likeness (QED) is 0.794. The van der Waals surface area contributed by atoms with Crippen molar-refractivity contribution in [3.63, 3.8) is 0 Å². The van der Waals surface area contributed by atoms with Gasteiger partial charge in [0.1, 0.15) is 5.82 Å². The van der Waals surface area contributed by atoms with Crippen LogP contribution in [0.2, 0.25) is 0 Å². The standard InChI is InChI=1S/C12H23N3S/c1-10(2)8-16-9-11(3)14-7-12-13-5-6-15(12)4/h5-6,10-11,14H,7-9H2,1-4H3. The highest BCUT2D eigenvalue weighted by atomic mass is 32.2. The first-order chi connectivity index (χ1) is 7.59. The van der Waals surface area contributed by atoms with Gasteiger partial charge in [0, 0.05) is 31.2 Å². The maximum absolute atomic E-state index is 4.29. The fourth-order valence-electron chi connectivity index (χ4n) is 1.37. The van der Waals surface area contributed by atoms with E-state index in [4.69, 9.17) is 0 Å². The molecule has 0 amide bonds. The molecule has 1 rings (SSSR count). The number of hydrogen-bond donors (Lipinski definition) is 1. The molecule has 4 heteroatoms. The van der Waals surface area contributed by atoms with Gasteiger partial charge in [0.05, 0.1) is 6.54 Å². The molecule has 0 saturated carbocycles. The van der Waals surface area contributed by atoms with E-state index in [9.17, 15) is 0 Å². The van der Waals surface area contributed by atoms with E-state index in [2.05, 4.69) is 35.6 Å². The van der Waals surface area contributed by atoms with Gasteiger partial charge < -0.3 is 9.88 Å². The Balaban J connectivity index is 2.15. The van der Waals surface area contributed by atoms with Gasteiger partial charge in [-0.05, 0) is 18.6 Å². The molecule has 0 fully saturated rings. The highest BCUT2D eigenvalue weighted by Gasteiger charge is 2.04. The van der Waals surface area contributed by atoms with Crippen molar-refractivity contribution in [2.75, 3.05) is 11.5 Å². The summed E-state index contributed by atoms with van der Waals surface area (Å²) in [6.07, 6.45) is 3.82. The molecule has 1 atom stereocenters. The van der Waals surface area contributed by atoms with Crippen LogP contribution in [0, 0.1) is 5.92 Å². The third-order valence-electron chi connectivity index (χ3n) is 2.35. The van der Waals surface area contributed by atoms with Gasteiger partial charge in [0.25, 0.3) is 0 Å². The molecular formula is C12H23N3S. The van der Waals surface area contributed by atoms with E-state index >= 15 is 0 Å². The highest BCUT2D eigenvalue weighted by Crippen LogP contribution is 2.09. The van der Waals surface area contributed by atoms with Crippen molar-refractivity contribution in [3.8, 4) is 0 Å². The highest BCUT2D eigenvalue weighted by molar-refractivity contribution is 7.99. The largest absolute Gasteiger partial charge is 0.337 e. The predicted molar refractivity (Wildman–Crippen MR) is 71.7 cm³/mol. The normalized spacial score (nSPS) is 13.3. The number of hydrogen-bond acceptors (Lipinski definition) is 3. The zero-order valence-electron chi connectivity index (χ0n) is 10.7. The first-order valence-corrected chi connectivity index (χ1v) is 7.02. The Kier molecular flexibility index (Phi) is 5.91. The average molecular weight is 241 g/mol. The van der Waals surface area contributed by atoms with Gasteiger partial charge in [-0.15, -0.1) is 0 Å². The molecule has 0 bridgehead atoms. The van der Waals surface area contributed by atoms with E-state index in [1.165, 1.54) is 11.5 Å². The maximum atomic E-state index is 4.29. The molecule has 1 aromatic heterocycles. The van der Waals surface area contributed by atoms with E-state index in [-0.39, 0.29) is 0 Å². The van der Waals surface area contributed by atoms with Crippen molar-refractivity contribution in [2.45, 2.75) is 33.4 Å². The van der Waals surface area contributed by atoms with E-state index < -0.39 is 0 Å². The van der Waals surface area contributed by atoms with Crippen LogP contribution < -0.4 is 5.32 Å². The van der Waals surface area contributed by atoms with Gasteiger partial charge in [0.2, 0.25) is 0 Å². The summed E-state index contributed by atoms with van der Waals surface area (Å²) in [4.78, 5) is 4.29. The topological polar surface area (TPSA) is 29.9 Å². The fraction of sp³-hybridized carbons (Fsp3) is 0.750. The number of nitrogens with one attached hydrogen (secondary N) is 1.